The SMILES string of the molecule is CC1=CC(C)(I)C(N)C=C1. The van der Waals surface area contributed by atoms with Crippen molar-refractivity contribution in [1.82, 2.24) is 0 Å². The van der Waals surface area contributed by atoms with Crippen molar-refractivity contribution >= 4 is 22.6 Å². The monoisotopic (exact) mass is 249 g/mol. The maximum atomic E-state index is 5.84. The van der Waals surface area contributed by atoms with Gasteiger partial charge in [0, 0.05) is 6.04 Å². The zero-order chi connectivity index (χ0) is 7.78. The van der Waals surface area contributed by atoms with Crippen LogP contribution in [0.5, 0.6) is 0 Å². The quantitative estimate of drug-likeness (QED) is 0.516. The maximum absolute atomic E-state index is 5.84. The van der Waals surface area contributed by atoms with Crippen LogP contribution in [0.1, 0.15) is 13.8 Å². The molecular formula is C8H12IN. The summed E-state index contributed by atoms with van der Waals surface area (Å²) < 4.78 is 0.108. The largest absolute Gasteiger partial charge is 0.323 e. The molecule has 10 heavy (non-hydrogen) atoms. The normalized spacial score (nSPS) is 39.6. The summed E-state index contributed by atoms with van der Waals surface area (Å²) >= 11 is 2.38. The predicted octanol–water partition coefficient (Wildman–Crippen LogP) is 2.02. The zero-order valence-corrected chi connectivity index (χ0v) is 8.42. The highest BCUT2D eigenvalue weighted by molar-refractivity contribution is 14.1. The lowest BCUT2D eigenvalue weighted by molar-refractivity contribution is 0.697. The van der Waals surface area contributed by atoms with Gasteiger partial charge in [-0.25, -0.2) is 0 Å². The van der Waals surface area contributed by atoms with Crippen LogP contribution in [-0.4, -0.2) is 9.46 Å². The van der Waals surface area contributed by atoms with Crippen molar-refractivity contribution in [2.75, 3.05) is 0 Å². The number of allylic oxidation sites excluding steroid dienone is 2. The second-order valence-corrected chi connectivity index (χ2v) is 5.25. The highest BCUT2D eigenvalue weighted by Gasteiger charge is 2.25. The van der Waals surface area contributed by atoms with Gasteiger partial charge in [-0.15, -0.1) is 0 Å². The van der Waals surface area contributed by atoms with E-state index in [4.69, 9.17) is 5.73 Å². The van der Waals surface area contributed by atoms with E-state index in [0.29, 0.717) is 0 Å². The average molecular weight is 249 g/mol. The third kappa shape index (κ3) is 1.61. The molecule has 1 aliphatic carbocycles. The summed E-state index contributed by atoms with van der Waals surface area (Å²) in [5.41, 5.74) is 7.14. The molecule has 2 atom stereocenters. The van der Waals surface area contributed by atoms with E-state index in [2.05, 4.69) is 54.7 Å². The fourth-order valence-corrected chi connectivity index (χ4v) is 1.73. The summed E-state index contributed by atoms with van der Waals surface area (Å²) in [6.07, 6.45) is 6.34. The lowest BCUT2D eigenvalue weighted by atomic mass is 9.94. The molecule has 0 fully saturated rings. The molecule has 0 saturated carbocycles. The van der Waals surface area contributed by atoms with Crippen LogP contribution in [0.25, 0.3) is 0 Å². The number of hydrogen-bond donors (Lipinski definition) is 1. The van der Waals surface area contributed by atoms with E-state index in [1.807, 2.05) is 0 Å². The third-order valence-corrected chi connectivity index (χ3v) is 2.76. The van der Waals surface area contributed by atoms with E-state index in [1.54, 1.807) is 0 Å². The minimum Gasteiger partial charge on any atom is -0.323 e. The molecule has 0 heterocycles. The van der Waals surface area contributed by atoms with Crippen molar-refractivity contribution in [2.45, 2.75) is 23.3 Å². The van der Waals surface area contributed by atoms with Gasteiger partial charge in [0.15, 0.2) is 0 Å². The van der Waals surface area contributed by atoms with Crippen molar-refractivity contribution < 1.29 is 0 Å². The van der Waals surface area contributed by atoms with Gasteiger partial charge in [-0.3, -0.25) is 0 Å². The summed E-state index contributed by atoms with van der Waals surface area (Å²) in [7, 11) is 0. The molecule has 0 aromatic rings. The maximum Gasteiger partial charge on any atom is 0.0565 e. The molecule has 0 aliphatic heterocycles. The first-order valence-electron chi connectivity index (χ1n) is 3.34. The van der Waals surface area contributed by atoms with Gasteiger partial charge in [-0.05, 0) is 13.8 Å². The number of halogens is 1. The number of hydrogen-bond acceptors (Lipinski definition) is 1. The second-order valence-electron chi connectivity index (χ2n) is 2.92. The topological polar surface area (TPSA) is 26.0 Å². The summed E-state index contributed by atoms with van der Waals surface area (Å²) in [5.74, 6) is 0. The van der Waals surface area contributed by atoms with Crippen LogP contribution in [0, 0.1) is 0 Å². The van der Waals surface area contributed by atoms with E-state index in [0.717, 1.165) is 0 Å². The Morgan fingerprint density at radius 3 is 2.70 bits per heavy atom. The standard InChI is InChI=1S/C8H12IN/c1-6-3-4-7(10)8(2,9)5-6/h3-5,7H,10H2,1-2H3. The van der Waals surface area contributed by atoms with Crippen LogP contribution in [0.15, 0.2) is 23.8 Å². The molecule has 0 saturated heterocycles. The van der Waals surface area contributed by atoms with Crippen molar-refractivity contribution in [2.24, 2.45) is 5.73 Å². The first-order valence-corrected chi connectivity index (χ1v) is 4.42. The first-order chi connectivity index (χ1) is 4.52. The zero-order valence-electron chi connectivity index (χ0n) is 6.26. The van der Waals surface area contributed by atoms with Gasteiger partial charge < -0.3 is 5.73 Å². The van der Waals surface area contributed by atoms with Crippen LogP contribution in [0.4, 0.5) is 0 Å². The van der Waals surface area contributed by atoms with E-state index < -0.39 is 0 Å². The molecular weight excluding hydrogens is 237 g/mol. The fraction of sp³-hybridized carbons (Fsp3) is 0.500. The number of alkyl halides is 1. The molecule has 0 amide bonds. The molecule has 0 spiro atoms. The minimum atomic E-state index is 0.108. The van der Waals surface area contributed by atoms with E-state index in [1.165, 1.54) is 5.57 Å². The smallest absolute Gasteiger partial charge is 0.0565 e. The predicted molar refractivity (Wildman–Crippen MR) is 53.3 cm³/mol. The van der Waals surface area contributed by atoms with Crippen LogP contribution in [-0.2, 0) is 0 Å². The van der Waals surface area contributed by atoms with E-state index >= 15 is 0 Å². The Morgan fingerprint density at radius 2 is 2.30 bits per heavy atom. The van der Waals surface area contributed by atoms with Crippen LogP contribution in [0.3, 0.4) is 0 Å². The molecule has 0 bridgehead atoms. The summed E-state index contributed by atoms with van der Waals surface area (Å²) in [5, 5.41) is 0. The number of nitrogens with two attached hydrogens (primary N) is 1. The van der Waals surface area contributed by atoms with Crippen LogP contribution >= 0.6 is 22.6 Å². The van der Waals surface area contributed by atoms with Gasteiger partial charge in [0.05, 0.1) is 3.42 Å². The molecule has 0 aromatic heterocycles. The molecule has 2 heteroatoms. The van der Waals surface area contributed by atoms with Gasteiger partial charge in [-0.1, -0.05) is 46.4 Å². The summed E-state index contributed by atoms with van der Waals surface area (Å²) in [4.78, 5) is 0. The van der Waals surface area contributed by atoms with Crippen LogP contribution in [0.2, 0.25) is 0 Å². The molecule has 2 unspecified atom stereocenters. The Bertz CT molecular complexity index is 191. The Hall–Kier alpha value is 0.170. The van der Waals surface area contributed by atoms with Crippen molar-refractivity contribution in [3.8, 4) is 0 Å². The third-order valence-electron chi connectivity index (χ3n) is 1.73. The highest BCUT2D eigenvalue weighted by atomic mass is 127. The second kappa shape index (κ2) is 2.66. The van der Waals surface area contributed by atoms with Gasteiger partial charge in [0.1, 0.15) is 0 Å². The molecule has 1 aliphatic rings. The summed E-state index contributed by atoms with van der Waals surface area (Å²) in [6.45, 7) is 4.24. The Morgan fingerprint density at radius 1 is 1.70 bits per heavy atom. The van der Waals surface area contributed by atoms with Gasteiger partial charge in [0.2, 0.25) is 0 Å². The lowest BCUT2D eigenvalue weighted by Gasteiger charge is -2.27. The van der Waals surface area contributed by atoms with Crippen molar-refractivity contribution in [1.29, 1.82) is 0 Å². The first kappa shape index (κ1) is 8.27. The van der Waals surface area contributed by atoms with E-state index in [-0.39, 0.29) is 9.46 Å². The van der Waals surface area contributed by atoms with Crippen LogP contribution < -0.4 is 5.73 Å². The van der Waals surface area contributed by atoms with Crippen molar-refractivity contribution in [3.05, 3.63) is 23.8 Å². The van der Waals surface area contributed by atoms with Gasteiger partial charge in [0.25, 0.3) is 0 Å². The van der Waals surface area contributed by atoms with Crippen molar-refractivity contribution in [3.63, 3.8) is 0 Å². The van der Waals surface area contributed by atoms with Gasteiger partial charge in [-0.2, -0.15) is 0 Å². The minimum absolute atomic E-state index is 0.108. The molecule has 56 valence electrons. The lowest BCUT2D eigenvalue weighted by Crippen LogP contribution is -2.38. The molecule has 0 aromatic carbocycles. The molecule has 1 rings (SSSR count). The Labute approximate surface area is 75.5 Å². The Kier molecular flexibility index (Phi) is 2.20. The van der Waals surface area contributed by atoms with E-state index in [9.17, 15) is 0 Å². The number of rotatable bonds is 0. The van der Waals surface area contributed by atoms with Gasteiger partial charge >= 0.3 is 0 Å². The average Bonchev–Trinajstić information content (AvgIpc) is 1.78. The highest BCUT2D eigenvalue weighted by Crippen LogP contribution is 2.28. The molecule has 2 N–H and O–H groups in total. The molecule has 0 radical (unpaired) electrons. The molecule has 1 nitrogen and oxygen atoms in total. The summed E-state index contributed by atoms with van der Waals surface area (Å²) in [6, 6.07) is 0.164. The Balaban J connectivity index is 2.88. The fourth-order valence-electron chi connectivity index (χ4n) is 1.03.